The first-order chi connectivity index (χ1) is 27.2. The summed E-state index contributed by atoms with van der Waals surface area (Å²) in [4.78, 5) is 0. The van der Waals surface area contributed by atoms with Crippen molar-refractivity contribution in [2.45, 2.75) is 43.9 Å². The lowest BCUT2D eigenvalue weighted by molar-refractivity contribution is 0.426. The molecule has 0 heterocycles. The minimum atomic E-state index is 0.322. The number of allylic oxidation sites excluding steroid dienone is 6. The first kappa shape index (κ1) is 33.4. The van der Waals surface area contributed by atoms with Gasteiger partial charge in [0, 0.05) is 23.2 Å². The Labute approximate surface area is 325 Å². The molecule has 1 heteroatoms. The maximum Gasteiger partial charge on any atom is 0.0393 e. The van der Waals surface area contributed by atoms with E-state index < -0.39 is 0 Å². The second-order valence-electron chi connectivity index (χ2n) is 15.6. The van der Waals surface area contributed by atoms with E-state index in [2.05, 4.69) is 193 Å². The molecule has 0 bridgehead atoms. The first-order valence-corrected chi connectivity index (χ1v) is 20.0. The smallest absolute Gasteiger partial charge is 0.0393 e. The van der Waals surface area contributed by atoms with E-state index in [0.29, 0.717) is 17.8 Å². The second-order valence-corrected chi connectivity index (χ2v) is 15.6. The van der Waals surface area contributed by atoms with Crippen molar-refractivity contribution < 1.29 is 0 Å². The number of fused-ring (bicyclic) bond motifs is 8. The van der Waals surface area contributed by atoms with Gasteiger partial charge in [0.05, 0.1) is 0 Å². The summed E-state index contributed by atoms with van der Waals surface area (Å²) in [7, 11) is 0. The Balaban J connectivity index is 1.12. The molecule has 0 aliphatic heterocycles. The molecule has 0 aromatic heterocycles. The standard InChI is InChI=1S/C54H45N/c1-3-15-37(16-4-1)40-22-13-23-41(31-40)42-24-14-25-47(34-42)55-48-35-46-33-44-21-9-11-27-50(44)53-45(30-29-39-19-7-10-26-49(39)53)32-43-20-8-12-28-51(43)54(46)52(36-48)38-17-5-2-6-18-38/h1-7,9-15,17-19,21-31,34-37,43,51,55H,8,16,20,32-33H2. The number of anilines is 2. The van der Waals surface area contributed by atoms with Crippen LogP contribution in [-0.2, 0) is 12.8 Å². The highest BCUT2D eigenvalue weighted by molar-refractivity contribution is 5.99. The van der Waals surface area contributed by atoms with E-state index in [1.165, 1.54) is 78.4 Å². The Morgan fingerprint density at radius 3 is 2.25 bits per heavy atom. The van der Waals surface area contributed by atoms with Gasteiger partial charge in [0.1, 0.15) is 0 Å². The number of rotatable bonds is 5. The van der Waals surface area contributed by atoms with Gasteiger partial charge in [-0.1, -0.05) is 164 Å². The molecular weight excluding hydrogens is 663 g/mol. The van der Waals surface area contributed by atoms with Gasteiger partial charge in [0.25, 0.3) is 0 Å². The summed E-state index contributed by atoms with van der Waals surface area (Å²) < 4.78 is 0. The molecule has 3 aliphatic rings. The van der Waals surface area contributed by atoms with Crippen LogP contribution in [0.5, 0.6) is 0 Å². The van der Waals surface area contributed by atoms with E-state index in [9.17, 15) is 0 Å². The zero-order valence-corrected chi connectivity index (χ0v) is 31.2. The SMILES string of the molecule is C1=CCC(c2cccc(-c3cccc(Nc4cc5c(c(-c6ccccc6)c4)C4C=CCCC4Cc4ccc6ccccc6c4-c4ccccc4C5)c3)c2)C=C1. The molecule has 3 aliphatic carbocycles. The highest BCUT2D eigenvalue weighted by Gasteiger charge is 2.31. The molecule has 0 fully saturated rings. The van der Waals surface area contributed by atoms with Gasteiger partial charge in [-0.3, -0.25) is 0 Å². The van der Waals surface area contributed by atoms with Crippen molar-refractivity contribution in [1.29, 1.82) is 0 Å². The third-order valence-electron chi connectivity index (χ3n) is 12.2. The molecule has 266 valence electrons. The molecule has 0 spiro atoms. The van der Waals surface area contributed by atoms with Gasteiger partial charge in [-0.25, -0.2) is 0 Å². The van der Waals surface area contributed by atoms with Crippen LogP contribution in [0.4, 0.5) is 11.4 Å². The number of hydrogen-bond donors (Lipinski definition) is 1. The normalized spacial score (nSPS) is 18.5. The maximum absolute atomic E-state index is 3.91. The quantitative estimate of drug-likeness (QED) is 0.176. The van der Waals surface area contributed by atoms with Crippen LogP contribution in [0.25, 0.3) is 44.2 Å². The number of hydrogen-bond acceptors (Lipinski definition) is 1. The van der Waals surface area contributed by atoms with Crippen LogP contribution in [0, 0.1) is 5.92 Å². The van der Waals surface area contributed by atoms with Crippen LogP contribution in [-0.4, -0.2) is 0 Å². The predicted molar refractivity (Wildman–Crippen MR) is 233 cm³/mol. The first-order valence-electron chi connectivity index (χ1n) is 20.0. The van der Waals surface area contributed by atoms with Crippen molar-refractivity contribution in [3.63, 3.8) is 0 Å². The highest BCUT2D eigenvalue weighted by atomic mass is 14.9. The van der Waals surface area contributed by atoms with Crippen molar-refractivity contribution in [1.82, 2.24) is 0 Å². The van der Waals surface area contributed by atoms with Gasteiger partial charge in [-0.2, -0.15) is 0 Å². The minimum Gasteiger partial charge on any atom is -0.355 e. The van der Waals surface area contributed by atoms with E-state index in [-0.39, 0.29) is 0 Å². The molecule has 0 saturated heterocycles. The maximum atomic E-state index is 3.91. The van der Waals surface area contributed by atoms with Gasteiger partial charge >= 0.3 is 0 Å². The largest absolute Gasteiger partial charge is 0.355 e. The van der Waals surface area contributed by atoms with Crippen LogP contribution < -0.4 is 5.32 Å². The van der Waals surface area contributed by atoms with Gasteiger partial charge in [0.15, 0.2) is 0 Å². The van der Waals surface area contributed by atoms with E-state index >= 15 is 0 Å². The molecule has 55 heavy (non-hydrogen) atoms. The summed E-state index contributed by atoms with van der Waals surface area (Å²) in [6, 6.07) is 56.8. The average molecular weight is 708 g/mol. The fourth-order valence-electron chi connectivity index (χ4n) is 9.56. The lowest BCUT2D eigenvalue weighted by Gasteiger charge is -2.34. The number of nitrogens with one attached hydrogen (secondary N) is 1. The molecule has 7 aromatic carbocycles. The summed E-state index contributed by atoms with van der Waals surface area (Å²) >= 11 is 0. The van der Waals surface area contributed by atoms with E-state index in [4.69, 9.17) is 0 Å². The Morgan fingerprint density at radius 2 is 1.35 bits per heavy atom. The molecular formula is C54H45N. The summed E-state index contributed by atoms with van der Waals surface area (Å²) in [6.07, 6.45) is 19.2. The van der Waals surface area contributed by atoms with Crippen molar-refractivity contribution in [3.05, 3.63) is 216 Å². The summed E-state index contributed by atoms with van der Waals surface area (Å²) in [5.74, 6) is 1.25. The second kappa shape index (κ2) is 14.6. The van der Waals surface area contributed by atoms with E-state index in [1.54, 1.807) is 0 Å². The average Bonchev–Trinajstić information content (AvgIpc) is 3.25. The van der Waals surface area contributed by atoms with E-state index in [1.807, 2.05) is 0 Å². The van der Waals surface area contributed by atoms with E-state index in [0.717, 1.165) is 37.1 Å². The lowest BCUT2D eigenvalue weighted by Crippen LogP contribution is -2.21. The summed E-state index contributed by atoms with van der Waals surface area (Å²) in [5.41, 5.74) is 17.2. The Hall–Kier alpha value is -6.18. The monoisotopic (exact) mass is 707 g/mol. The zero-order chi connectivity index (χ0) is 36.6. The number of benzene rings is 7. The summed E-state index contributed by atoms with van der Waals surface area (Å²) in [5, 5.41) is 6.58. The fraction of sp³-hybridized carbons (Fsp3) is 0.148. The van der Waals surface area contributed by atoms with Crippen LogP contribution in [0.15, 0.2) is 188 Å². The third kappa shape index (κ3) is 6.55. The van der Waals surface area contributed by atoms with Crippen LogP contribution in [0.1, 0.15) is 58.9 Å². The minimum absolute atomic E-state index is 0.322. The van der Waals surface area contributed by atoms with Crippen molar-refractivity contribution in [2.24, 2.45) is 5.92 Å². The molecule has 0 saturated carbocycles. The molecule has 3 unspecified atom stereocenters. The van der Waals surface area contributed by atoms with Crippen LogP contribution in [0.3, 0.4) is 0 Å². The predicted octanol–water partition coefficient (Wildman–Crippen LogP) is 14.4. The molecule has 7 aromatic rings. The molecule has 1 N–H and O–H groups in total. The van der Waals surface area contributed by atoms with Gasteiger partial charge in [-0.05, 0) is 134 Å². The van der Waals surface area contributed by atoms with Crippen LogP contribution in [0.2, 0.25) is 0 Å². The van der Waals surface area contributed by atoms with Crippen molar-refractivity contribution in [3.8, 4) is 33.4 Å². The molecule has 10 rings (SSSR count). The van der Waals surface area contributed by atoms with Gasteiger partial charge in [0.2, 0.25) is 0 Å². The zero-order valence-electron chi connectivity index (χ0n) is 31.2. The highest BCUT2D eigenvalue weighted by Crippen LogP contribution is 2.47. The van der Waals surface area contributed by atoms with Gasteiger partial charge in [-0.15, -0.1) is 0 Å². The lowest BCUT2D eigenvalue weighted by atomic mass is 9.70. The molecule has 0 amide bonds. The molecule has 1 nitrogen and oxygen atoms in total. The van der Waals surface area contributed by atoms with Gasteiger partial charge < -0.3 is 5.32 Å². The van der Waals surface area contributed by atoms with Crippen molar-refractivity contribution in [2.75, 3.05) is 5.32 Å². The van der Waals surface area contributed by atoms with Crippen LogP contribution >= 0.6 is 0 Å². The Morgan fingerprint density at radius 1 is 0.527 bits per heavy atom. The summed E-state index contributed by atoms with van der Waals surface area (Å²) in [6.45, 7) is 0. The Bertz CT molecular complexity index is 2620. The molecule has 3 atom stereocenters. The van der Waals surface area contributed by atoms with Crippen molar-refractivity contribution >= 4 is 22.1 Å². The molecule has 0 radical (unpaired) electrons. The third-order valence-corrected chi connectivity index (χ3v) is 12.2. The topological polar surface area (TPSA) is 12.0 Å². The Kier molecular flexibility index (Phi) is 8.85. The fourth-order valence-corrected chi connectivity index (χ4v) is 9.56.